The van der Waals surface area contributed by atoms with Gasteiger partial charge in [-0.15, -0.1) is 0 Å². The Morgan fingerprint density at radius 1 is 1.18 bits per heavy atom. The first kappa shape index (κ1) is 8.92. The van der Waals surface area contributed by atoms with Crippen molar-refractivity contribution in [3.05, 3.63) is 39.3 Å². The average Bonchev–Trinajstić information content (AvgIpc) is 1.93. The maximum atomic E-state index is 5.81. The highest BCUT2D eigenvalue weighted by Crippen LogP contribution is 2.20. The lowest BCUT2D eigenvalue weighted by atomic mass is 10.2. The van der Waals surface area contributed by atoms with Gasteiger partial charge in [0.25, 0.3) is 0 Å². The minimum absolute atomic E-state index is 0.207. The molecule has 0 aliphatic carbocycles. The van der Waals surface area contributed by atoms with Crippen molar-refractivity contribution in [1.29, 1.82) is 0 Å². The number of rotatable bonds is 1. The summed E-state index contributed by atoms with van der Waals surface area (Å²) in [6.45, 7) is 0. The van der Waals surface area contributed by atoms with Gasteiger partial charge in [0.05, 0.1) is 0 Å². The molecular formula is C8H5Cl3. The SMILES string of the molecule is ClC(Cl)=Cc1ccccc1Cl. The van der Waals surface area contributed by atoms with E-state index < -0.39 is 0 Å². The summed E-state index contributed by atoms with van der Waals surface area (Å²) in [5.41, 5.74) is 0.828. The number of benzene rings is 1. The molecule has 11 heavy (non-hydrogen) atoms. The molecule has 0 aromatic heterocycles. The van der Waals surface area contributed by atoms with Gasteiger partial charge in [-0.1, -0.05) is 53.0 Å². The fraction of sp³-hybridized carbons (Fsp3) is 0. The topological polar surface area (TPSA) is 0 Å². The Morgan fingerprint density at radius 2 is 1.82 bits per heavy atom. The van der Waals surface area contributed by atoms with Gasteiger partial charge in [-0.2, -0.15) is 0 Å². The van der Waals surface area contributed by atoms with E-state index in [1.165, 1.54) is 0 Å². The maximum Gasteiger partial charge on any atom is 0.107 e. The van der Waals surface area contributed by atoms with Gasteiger partial charge in [-0.05, 0) is 17.7 Å². The molecule has 0 atom stereocenters. The first-order valence-electron chi connectivity index (χ1n) is 2.97. The normalized spacial score (nSPS) is 9.36. The van der Waals surface area contributed by atoms with Crippen molar-refractivity contribution in [2.45, 2.75) is 0 Å². The smallest absolute Gasteiger partial charge is 0.0837 e. The molecule has 0 spiro atoms. The first-order chi connectivity index (χ1) is 5.20. The van der Waals surface area contributed by atoms with E-state index in [2.05, 4.69) is 0 Å². The zero-order chi connectivity index (χ0) is 8.27. The van der Waals surface area contributed by atoms with Crippen molar-refractivity contribution in [1.82, 2.24) is 0 Å². The highest BCUT2D eigenvalue weighted by atomic mass is 35.5. The third-order valence-corrected chi connectivity index (χ3v) is 1.73. The van der Waals surface area contributed by atoms with Crippen molar-refractivity contribution in [2.24, 2.45) is 0 Å². The minimum Gasteiger partial charge on any atom is -0.0837 e. The second-order valence-corrected chi connectivity index (χ2v) is 3.37. The highest BCUT2D eigenvalue weighted by molar-refractivity contribution is 6.57. The van der Waals surface area contributed by atoms with Crippen molar-refractivity contribution in [3.63, 3.8) is 0 Å². The van der Waals surface area contributed by atoms with Crippen LogP contribution in [-0.4, -0.2) is 0 Å². The number of hydrogen-bond acceptors (Lipinski definition) is 0. The molecule has 1 aromatic carbocycles. The van der Waals surface area contributed by atoms with Crippen LogP contribution in [0.1, 0.15) is 5.56 Å². The van der Waals surface area contributed by atoms with Gasteiger partial charge in [0.15, 0.2) is 0 Å². The Balaban J connectivity index is 3.04. The monoisotopic (exact) mass is 206 g/mol. The first-order valence-corrected chi connectivity index (χ1v) is 4.11. The third-order valence-electron chi connectivity index (χ3n) is 1.17. The van der Waals surface area contributed by atoms with E-state index in [1.54, 1.807) is 12.1 Å². The predicted octanol–water partition coefficient (Wildman–Crippen LogP) is 4.12. The van der Waals surface area contributed by atoms with Crippen LogP contribution in [0.4, 0.5) is 0 Å². The molecule has 0 nitrogen and oxygen atoms in total. The van der Waals surface area contributed by atoms with Crippen LogP contribution in [0, 0.1) is 0 Å². The Labute approximate surface area is 80.4 Å². The summed E-state index contributed by atoms with van der Waals surface area (Å²) in [5, 5.41) is 0.645. The molecule has 0 fully saturated rings. The zero-order valence-electron chi connectivity index (χ0n) is 5.52. The van der Waals surface area contributed by atoms with Crippen LogP contribution in [0.5, 0.6) is 0 Å². The van der Waals surface area contributed by atoms with E-state index in [0.29, 0.717) is 5.02 Å². The van der Waals surface area contributed by atoms with E-state index in [1.807, 2.05) is 18.2 Å². The lowest BCUT2D eigenvalue weighted by molar-refractivity contribution is 1.66. The quantitative estimate of drug-likeness (QED) is 0.650. The molecule has 0 saturated heterocycles. The Hall–Kier alpha value is -0.170. The van der Waals surface area contributed by atoms with Gasteiger partial charge in [0.2, 0.25) is 0 Å². The maximum absolute atomic E-state index is 5.81. The molecule has 0 bridgehead atoms. The molecule has 0 N–H and O–H groups in total. The van der Waals surface area contributed by atoms with Crippen LogP contribution >= 0.6 is 34.8 Å². The van der Waals surface area contributed by atoms with E-state index in [-0.39, 0.29) is 4.49 Å². The molecular weight excluding hydrogens is 202 g/mol. The van der Waals surface area contributed by atoms with Gasteiger partial charge in [0.1, 0.15) is 4.49 Å². The van der Waals surface area contributed by atoms with Crippen molar-refractivity contribution >= 4 is 40.9 Å². The summed E-state index contributed by atoms with van der Waals surface area (Å²) in [7, 11) is 0. The lowest BCUT2D eigenvalue weighted by Gasteiger charge is -1.95. The average molecular weight is 207 g/mol. The minimum atomic E-state index is 0.207. The molecule has 0 aliphatic rings. The van der Waals surface area contributed by atoms with Gasteiger partial charge in [0, 0.05) is 5.02 Å². The predicted molar refractivity (Wildman–Crippen MR) is 51.1 cm³/mol. The van der Waals surface area contributed by atoms with Crippen molar-refractivity contribution in [3.8, 4) is 0 Å². The molecule has 0 radical (unpaired) electrons. The fourth-order valence-corrected chi connectivity index (χ4v) is 1.14. The Morgan fingerprint density at radius 3 is 2.36 bits per heavy atom. The van der Waals surface area contributed by atoms with Crippen LogP contribution in [0.15, 0.2) is 28.8 Å². The summed E-state index contributed by atoms with van der Waals surface area (Å²) >= 11 is 16.7. The molecule has 0 saturated carbocycles. The van der Waals surface area contributed by atoms with Crippen LogP contribution in [-0.2, 0) is 0 Å². The zero-order valence-corrected chi connectivity index (χ0v) is 7.79. The third kappa shape index (κ3) is 2.74. The van der Waals surface area contributed by atoms with Crippen LogP contribution in [0.3, 0.4) is 0 Å². The van der Waals surface area contributed by atoms with E-state index >= 15 is 0 Å². The second kappa shape index (κ2) is 4.01. The molecule has 3 heteroatoms. The molecule has 58 valence electrons. The largest absolute Gasteiger partial charge is 0.107 e. The summed E-state index contributed by atoms with van der Waals surface area (Å²) < 4.78 is 0.207. The van der Waals surface area contributed by atoms with E-state index in [9.17, 15) is 0 Å². The molecule has 0 amide bonds. The number of hydrogen-bond donors (Lipinski definition) is 0. The standard InChI is InChI=1S/C8H5Cl3/c9-7-4-2-1-3-6(7)5-8(10)11/h1-5H. The fourth-order valence-electron chi connectivity index (χ4n) is 0.710. The van der Waals surface area contributed by atoms with Gasteiger partial charge in [-0.3, -0.25) is 0 Å². The second-order valence-electron chi connectivity index (χ2n) is 1.96. The summed E-state index contributed by atoms with van der Waals surface area (Å²) in [4.78, 5) is 0. The summed E-state index contributed by atoms with van der Waals surface area (Å²) in [6, 6.07) is 7.34. The van der Waals surface area contributed by atoms with Crippen LogP contribution in [0.25, 0.3) is 6.08 Å². The molecule has 0 unspecified atom stereocenters. The molecule has 1 rings (SSSR count). The molecule has 0 aliphatic heterocycles. The van der Waals surface area contributed by atoms with Gasteiger partial charge >= 0.3 is 0 Å². The van der Waals surface area contributed by atoms with E-state index in [0.717, 1.165) is 5.56 Å². The van der Waals surface area contributed by atoms with Crippen molar-refractivity contribution in [2.75, 3.05) is 0 Å². The van der Waals surface area contributed by atoms with Gasteiger partial charge in [-0.25, -0.2) is 0 Å². The Bertz CT molecular complexity index is 274. The van der Waals surface area contributed by atoms with Crippen LogP contribution in [0.2, 0.25) is 5.02 Å². The van der Waals surface area contributed by atoms with Crippen LogP contribution < -0.4 is 0 Å². The molecule has 0 heterocycles. The summed E-state index contributed by atoms with van der Waals surface area (Å²) in [5.74, 6) is 0. The van der Waals surface area contributed by atoms with Crippen molar-refractivity contribution < 1.29 is 0 Å². The summed E-state index contributed by atoms with van der Waals surface area (Å²) in [6.07, 6.45) is 1.60. The van der Waals surface area contributed by atoms with Gasteiger partial charge < -0.3 is 0 Å². The highest BCUT2D eigenvalue weighted by Gasteiger charge is 1.94. The molecule has 1 aromatic rings. The number of halogens is 3. The van der Waals surface area contributed by atoms with E-state index in [4.69, 9.17) is 34.8 Å². The lowest BCUT2D eigenvalue weighted by Crippen LogP contribution is -1.72. The Kier molecular flexibility index (Phi) is 3.25.